The molecule has 0 saturated carbocycles. The summed E-state index contributed by atoms with van der Waals surface area (Å²) >= 11 is 1.39. The Labute approximate surface area is 186 Å². The van der Waals surface area contributed by atoms with Crippen molar-refractivity contribution in [3.8, 4) is 0 Å². The van der Waals surface area contributed by atoms with Gasteiger partial charge in [-0.25, -0.2) is 4.98 Å². The average Bonchev–Trinajstić information content (AvgIpc) is 3.31. The van der Waals surface area contributed by atoms with Gasteiger partial charge in [0.15, 0.2) is 5.01 Å². The van der Waals surface area contributed by atoms with Gasteiger partial charge in [-0.05, 0) is 22.8 Å². The number of rotatable bonds is 5. The first-order chi connectivity index (χ1) is 15.2. The standard InChI is InChI=1S/C24H26N4O2S/c29-22(9-8-19-6-3-5-18-4-1-2-7-21(18)19)28-16-20(17-28)26-11-13-27(14-12-26)24(30)23-25-10-15-31-23/h1-7,10,15,20H,8-9,11-14,16-17H2. The van der Waals surface area contributed by atoms with E-state index >= 15 is 0 Å². The third kappa shape index (κ3) is 4.20. The second-order valence-electron chi connectivity index (χ2n) is 8.26. The van der Waals surface area contributed by atoms with Crippen LogP contribution in [0.15, 0.2) is 54.0 Å². The number of benzene rings is 2. The number of aryl methyl sites for hydroxylation is 1. The Morgan fingerprint density at radius 1 is 0.968 bits per heavy atom. The number of amides is 2. The summed E-state index contributed by atoms with van der Waals surface area (Å²) in [6.45, 7) is 4.77. The van der Waals surface area contributed by atoms with Crippen LogP contribution in [0.1, 0.15) is 21.8 Å². The molecule has 160 valence electrons. The second-order valence-corrected chi connectivity index (χ2v) is 9.15. The van der Waals surface area contributed by atoms with E-state index in [0.717, 1.165) is 45.7 Å². The van der Waals surface area contributed by atoms with E-state index in [-0.39, 0.29) is 11.8 Å². The summed E-state index contributed by atoms with van der Waals surface area (Å²) in [6.07, 6.45) is 3.00. The number of thiazole rings is 1. The van der Waals surface area contributed by atoms with Gasteiger partial charge in [0, 0.05) is 63.3 Å². The molecule has 0 N–H and O–H groups in total. The van der Waals surface area contributed by atoms with Gasteiger partial charge in [-0.15, -0.1) is 11.3 Å². The van der Waals surface area contributed by atoms with E-state index in [1.165, 1.54) is 27.7 Å². The maximum absolute atomic E-state index is 12.7. The molecule has 6 nitrogen and oxygen atoms in total. The first kappa shape index (κ1) is 20.2. The molecular weight excluding hydrogens is 408 g/mol. The lowest BCUT2D eigenvalue weighted by Gasteiger charge is -2.48. The predicted molar refractivity (Wildman–Crippen MR) is 122 cm³/mol. The van der Waals surface area contributed by atoms with Crippen molar-refractivity contribution >= 4 is 33.9 Å². The highest BCUT2D eigenvalue weighted by Gasteiger charge is 2.36. The van der Waals surface area contributed by atoms with Crippen molar-refractivity contribution in [2.75, 3.05) is 39.3 Å². The minimum absolute atomic E-state index is 0.0356. The van der Waals surface area contributed by atoms with Crippen molar-refractivity contribution < 1.29 is 9.59 Å². The predicted octanol–water partition coefficient (Wildman–Crippen LogP) is 2.90. The van der Waals surface area contributed by atoms with Gasteiger partial charge in [0.2, 0.25) is 5.91 Å². The number of hydrogen-bond donors (Lipinski definition) is 0. The number of fused-ring (bicyclic) bond motifs is 1. The molecule has 2 saturated heterocycles. The quantitative estimate of drug-likeness (QED) is 0.620. The van der Waals surface area contributed by atoms with Gasteiger partial charge >= 0.3 is 0 Å². The summed E-state index contributed by atoms with van der Waals surface area (Å²) < 4.78 is 0. The Morgan fingerprint density at radius 2 is 1.74 bits per heavy atom. The largest absolute Gasteiger partial charge is 0.339 e. The monoisotopic (exact) mass is 434 g/mol. The Morgan fingerprint density at radius 3 is 2.52 bits per heavy atom. The highest BCUT2D eigenvalue weighted by atomic mass is 32.1. The highest BCUT2D eigenvalue weighted by Crippen LogP contribution is 2.22. The zero-order chi connectivity index (χ0) is 21.2. The van der Waals surface area contributed by atoms with Gasteiger partial charge in [0.05, 0.1) is 0 Å². The molecule has 3 aromatic rings. The van der Waals surface area contributed by atoms with Crippen LogP contribution in [-0.2, 0) is 11.2 Å². The number of piperazine rings is 1. The van der Waals surface area contributed by atoms with Crippen LogP contribution in [0.2, 0.25) is 0 Å². The molecule has 31 heavy (non-hydrogen) atoms. The van der Waals surface area contributed by atoms with Crippen molar-refractivity contribution in [2.45, 2.75) is 18.9 Å². The van der Waals surface area contributed by atoms with Crippen molar-refractivity contribution in [3.63, 3.8) is 0 Å². The normalized spacial score (nSPS) is 17.7. The number of likely N-dealkylation sites (tertiary alicyclic amines) is 1. The number of hydrogen-bond acceptors (Lipinski definition) is 5. The Kier molecular flexibility index (Phi) is 5.70. The molecule has 0 spiro atoms. The number of carbonyl (C=O) groups excluding carboxylic acids is 2. The van der Waals surface area contributed by atoms with Crippen LogP contribution >= 0.6 is 11.3 Å². The smallest absolute Gasteiger partial charge is 0.282 e. The van der Waals surface area contributed by atoms with Gasteiger partial charge in [-0.1, -0.05) is 42.5 Å². The highest BCUT2D eigenvalue weighted by molar-refractivity contribution is 7.11. The van der Waals surface area contributed by atoms with Crippen LogP contribution in [0.4, 0.5) is 0 Å². The van der Waals surface area contributed by atoms with Crippen molar-refractivity contribution in [1.82, 2.24) is 19.7 Å². The van der Waals surface area contributed by atoms with Crippen LogP contribution in [0.5, 0.6) is 0 Å². The first-order valence-electron chi connectivity index (χ1n) is 10.9. The lowest BCUT2D eigenvalue weighted by atomic mass is 9.99. The number of aromatic nitrogens is 1. The minimum Gasteiger partial charge on any atom is -0.339 e. The van der Waals surface area contributed by atoms with E-state index < -0.39 is 0 Å². The summed E-state index contributed by atoms with van der Waals surface area (Å²) in [5.74, 6) is 0.273. The molecule has 5 rings (SSSR count). The van der Waals surface area contributed by atoms with Crippen LogP contribution in [-0.4, -0.2) is 76.8 Å². The maximum atomic E-state index is 12.7. The molecule has 3 heterocycles. The number of nitrogens with zero attached hydrogens (tertiary/aromatic N) is 4. The molecule has 0 aliphatic carbocycles. The summed E-state index contributed by atoms with van der Waals surface area (Å²) in [7, 11) is 0. The molecule has 0 atom stereocenters. The first-order valence-corrected chi connectivity index (χ1v) is 11.7. The molecule has 0 unspecified atom stereocenters. The second kappa shape index (κ2) is 8.77. The van der Waals surface area contributed by atoms with E-state index in [0.29, 0.717) is 17.5 Å². The fourth-order valence-electron chi connectivity index (χ4n) is 4.55. The van der Waals surface area contributed by atoms with Gasteiger partial charge in [0.1, 0.15) is 0 Å². The van der Waals surface area contributed by atoms with E-state index in [1.807, 2.05) is 21.2 Å². The van der Waals surface area contributed by atoms with Crippen LogP contribution < -0.4 is 0 Å². The zero-order valence-corrected chi connectivity index (χ0v) is 18.3. The molecule has 2 aliphatic rings. The van der Waals surface area contributed by atoms with Crippen LogP contribution in [0.25, 0.3) is 10.8 Å². The van der Waals surface area contributed by atoms with E-state index in [9.17, 15) is 9.59 Å². The molecule has 0 radical (unpaired) electrons. The molecule has 2 fully saturated rings. The lowest BCUT2D eigenvalue weighted by Crippen LogP contribution is -2.64. The minimum atomic E-state index is 0.0356. The van der Waals surface area contributed by atoms with E-state index in [2.05, 4.69) is 46.3 Å². The van der Waals surface area contributed by atoms with Crippen LogP contribution in [0.3, 0.4) is 0 Å². The fourth-order valence-corrected chi connectivity index (χ4v) is 5.16. The summed E-state index contributed by atoms with van der Waals surface area (Å²) in [5, 5.41) is 4.87. The van der Waals surface area contributed by atoms with E-state index in [4.69, 9.17) is 0 Å². The zero-order valence-electron chi connectivity index (χ0n) is 17.4. The average molecular weight is 435 g/mol. The molecule has 0 bridgehead atoms. The molecule has 2 aliphatic heterocycles. The van der Waals surface area contributed by atoms with Gasteiger partial charge in [0.25, 0.3) is 5.91 Å². The van der Waals surface area contributed by atoms with Crippen molar-refractivity contribution in [2.24, 2.45) is 0 Å². The Bertz CT molecular complexity index is 1060. The Balaban J connectivity index is 1.08. The molecule has 7 heteroatoms. The summed E-state index contributed by atoms with van der Waals surface area (Å²) in [6, 6.07) is 15.1. The number of carbonyl (C=O) groups is 2. The van der Waals surface area contributed by atoms with Gasteiger partial charge < -0.3 is 9.80 Å². The lowest BCUT2D eigenvalue weighted by molar-refractivity contribution is -0.139. The van der Waals surface area contributed by atoms with Gasteiger partial charge in [-0.2, -0.15) is 0 Å². The molecule has 2 amide bonds. The molecule has 2 aromatic carbocycles. The van der Waals surface area contributed by atoms with E-state index in [1.54, 1.807) is 6.20 Å². The third-order valence-corrected chi connectivity index (χ3v) is 7.20. The van der Waals surface area contributed by atoms with Crippen LogP contribution in [0, 0.1) is 0 Å². The van der Waals surface area contributed by atoms with Crippen molar-refractivity contribution in [3.05, 3.63) is 64.6 Å². The SMILES string of the molecule is O=C(CCc1cccc2ccccc12)N1CC(N2CCN(C(=O)c3nccs3)CC2)C1. The maximum Gasteiger partial charge on any atom is 0.282 e. The Hall–Kier alpha value is -2.77. The fraction of sp³-hybridized carbons (Fsp3) is 0.375. The summed E-state index contributed by atoms with van der Waals surface area (Å²) in [4.78, 5) is 35.5. The van der Waals surface area contributed by atoms with Gasteiger partial charge in [-0.3, -0.25) is 14.5 Å². The summed E-state index contributed by atoms with van der Waals surface area (Å²) in [5.41, 5.74) is 1.24. The topological polar surface area (TPSA) is 56.8 Å². The van der Waals surface area contributed by atoms with Crippen molar-refractivity contribution in [1.29, 1.82) is 0 Å². The molecule has 1 aromatic heterocycles. The molecular formula is C24H26N4O2S. The third-order valence-electron chi connectivity index (χ3n) is 6.44.